The molecule has 1 heterocycles. The Morgan fingerprint density at radius 2 is 2.00 bits per heavy atom. The highest BCUT2D eigenvalue weighted by Crippen LogP contribution is 2.13. The van der Waals surface area contributed by atoms with Crippen molar-refractivity contribution in [3.8, 4) is 11.3 Å². The molecule has 0 aliphatic heterocycles. The van der Waals surface area contributed by atoms with Gasteiger partial charge in [-0.1, -0.05) is 30.3 Å². The molecule has 0 aliphatic rings. The quantitative estimate of drug-likeness (QED) is 0.915. The first-order valence-corrected chi connectivity index (χ1v) is 6.90. The molecule has 22 heavy (non-hydrogen) atoms. The van der Waals surface area contributed by atoms with Crippen LogP contribution < -0.4 is 10.9 Å². The molecule has 0 radical (unpaired) electrons. The fourth-order valence-corrected chi connectivity index (χ4v) is 1.92. The van der Waals surface area contributed by atoms with Gasteiger partial charge < -0.3 is 5.32 Å². The van der Waals surface area contributed by atoms with E-state index in [9.17, 15) is 14.0 Å². The van der Waals surface area contributed by atoms with Crippen LogP contribution in [0.5, 0.6) is 0 Å². The lowest BCUT2D eigenvalue weighted by Crippen LogP contribution is -2.47. The molecule has 0 saturated heterocycles. The zero-order valence-corrected chi connectivity index (χ0v) is 12.5. The Kier molecular flexibility index (Phi) is 4.70. The highest BCUT2D eigenvalue weighted by atomic mass is 19.1. The zero-order chi connectivity index (χ0) is 16.2. The highest BCUT2D eigenvalue weighted by Gasteiger charge is 2.20. The smallest absolute Gasteiger partial charge is 0.254 e. The lowest BCUT2D eigenvalue weighted by Gasteiger charge is -2.22. The molecule has 6 heteroatoms. The number of halogens is 1. The van der Waals surface area contributed by atoms with Crippen LogP contribution in [-0.2, 0) is 11.3 Å². The van der Waals surface area contributed by atoms with Crippen LogP contribution in [0.25, 0.3) is 11.3 Å². The van der Waals surface area contributed by atoms with Gasteiger partial charge in [0.05, 0.1) is 17.6 Å². The molecule has 2 aromatic rings. The summed E-state index contributed by atoms with van der Waals surface area (Å²) in [7, 11) is 0. The maximum absolute atomic E-state index is 12.7. The summed E-state index contributed by atoms with van der Waals surface area (Å²) in [5.74, 6) is -0.431. The maximum atomic E-state index is 12.7. The minimum Gasteiger partial charge on any atom is -0.347 e. The van der Waals surface area contributed by atoms with E-state index in [1.165, 1.54) is 17.0 Å². The molecule has 0 fully saturated rings. The van der Waals surface area contributed by atoms with Crippen LogP contribution in [0.3, 0.4) is 0 Å². The molecule has 1 amide bonds. The van der Waals surface area contributed by atoms with Gasteiger partial charge in [-0.15, -0.1) is 0 Å². The van der Waals surface area contributed by atoms with E-state index in [1.54, 1.807) is 13.8 Å². The molecular formula is C16H18FN3O2. The van der Waals surface area contributed by atoms with E-state index in [2.05, 4.69) is 10.3 Å². The SMILES string of the molecule is CC(C)(CF)NC(=O)Cn1cnc(-c2ccccc2)cc1=O. The molecule has 1 aromatic heterocycles. The lowest BCUT2D eigenvalue weighted by molar-refractivity contribution is -0.123. The second kappa shape index (κ2) is 6.51. The van der Waals surface area contributed by atoms with Gasteiger partial charge in [-0.3, -0.25) is 14.2 Å². The van der Waals surface area contributed by atoms with E-state index in [1.807, 2.05) is 30.3 Å². The van der Waals surface area contributed by atoms with Crippen LogP contribution in [0.2, 0.25) is 0 Å². The first-order chi connectivity index (χ1) is 10.4. The van der Waals surface area contributed by atoms with Crippen molar-refractivity contribution < 1.29 is 9.18 Å². The number of nitrogens with zero attached hydrogens (tertiary/aromatic N) is 2. The molecule has 0 unspecified atom stereocenters. The van der Waals surface area contributed by atoms with Gasteiger partial charge >= 0.3 is 0 Å². The maximum Gasteiger partial charge on any atom is 0.254 e. The summed E-state index contributed by atoms with van der Waals surface area (Å²) >= 11 is 0. The van der Waals surface area contributed by atoms with Gasteiger partial charge in [0.15, 0.2) is 0 Å². The standard InChI is InChI=1S/C16H18FN3O2/c1-16(2,10-17)19-14(21)9-20-11-18-13(8-15(20)22)12-6-4-3-5-7-12/h3-8,11H,9-10H2,1-2H3,(H,19,21). The molecule has 0 atom stereocenters. The average molecular weight is 303 g/mol. The molecule has 116 valence electrons. The van der Waals surface area contributed by atoms with Gasteiger partial charge in [-0.25, -0.2) is 9.37 Å². The molecule has 0 spiro atoms. The highest BCUT2D eigenvalue weighted by molar-refractivity contribution is 5.76. The fourth-order valence-electron chi connectivity index (χ4n) is 1.92. The second-order valence-electron chi connectivity index (χ2n) is 5.67. The Labute approximate surface area is 127 Å². The first kappa shape index (κ1) is 15.9. The summed E-state index contributed by atoms with van der Waals surface area (Å²) in [5.41, 5.74) is 0.0983. The Morgan fingerprint density at radius 3 is 2.59 bits per heavy atom. The molecule has 1 aromatic carbocycles. The molecule has 5 nitrogen and oxygen atoms in total. The number of nitrogens with one attached hydrogen (secondary N) is 1. The normalized spacial score (nSPS) is 11.2. The monoisotopic (exact) mass is 303 g/mol. The van der Waals surface area contributed by atoms with Gasteiger partial charge in [0.25, 0.3) is 5.56 Å². The van der Waals surface area contributed by atoms with Crippen molar-refractivity contribution in [2.24, 2.45) is 0 Å². The first-order valence-electron chi connectivity index (χ1n) is 6.90. The van der Waals surface area contributed by atoms with Crippen molar-refractivity contribution in [1.29, 1.82) is 0 Å². The van der Waals surface area contributed by atoms with Crippen molar-refractivity contribution in [2.75, 3.05) is 6.67 Å². The number of hydrogen-bond donors (Lipinski definition) is 1. The number of carbonyl (C=O) groups is 1. The largest absolute Gasteiger partial charge is 0.347 e. The van der Waals surface area contributed by atoms with E-state index < -0.39 is 18.1 Å². The van der Waals surface area contributed by atoms with E-state index >= 15 is 0 Å². The van der Waals surface area contributed by atoms with Crippen LogP contribution in [-0.4, -0.2) is 27.7 Å². The Hall–Kier alpha value is -2.50. The molecule has 0 aliphatic carbocycles. The third-order valence-corrected chi connectivity index (χ3v) is 3.07. The van der Waals surface area contributed by atoms with Crippen molar-refractivity contribution in [1.82, 2.24) is 14.9 Å². The van der Waals surface area contributed by atoms with Crippen LogP contribution in [0, 0.1) is 0 Å². The number of amides is 1. The van der Waals surface area contributed by atoms with Gasteiger partial charge in [0, 0.05) is 11.6 Å². The van der Waals surface area contributed by atoms with Crippen molar-refractivity contribution >= 4 is 5.91 Å². The summed E-state index contributed by atoms with van der Waals surface area (Å²) in [6.45, 7) is 2.28. The van der Waals surface area contributed by atoms with Crippen molar-refractivity contribution in [3.05, 3.63) is 53.1 Å². The van der Waals surface area contributed by atoms with Gasteiger partial charge in [0.1, 0.15) is 13.2 Å². The van der Waals surface area contributed by atoms with Crippen LogP contribution in [0.4, 0.5) is 4.39 Å². The summed E-state index contributed by atoms with van der Waals surface area (Å²) in [6.07, 6.45) is 1.33. The van der Waals surface area contributed by atoms with E-state index in [4.69, 9.17) is 0 Å². The van der Waals surface area contributed by atoms with Gasteiger partial charge in [-0.2, -0.15) is 0 Å². The van der Waals surface area contributed by atoms with Gasteiger partial charge in [0.2, 0.25) is 5.91 Å². The summed E-state index contributed by atoms with van der Waals surface area (Å²) in [4.78, 5) is 28.1. The van der Waals surface area contributed by atoms with Crippen molar-refractivity contribution in [2.45, 2.75) is 25.9 Å². The number of carbonyl (C=O) groups excluding carboxylic acids is 1. The summed E-state index contributed by atoms with van der Waals surface area (Å²) in [6, 6.07) is 10.7. The Balaban J connectivity index is 2.14. The number of rotatable bonds is 5. The number of hydrogen-bond acceptors (Lipinski definition) is 3. The van der Waals surface area contributed by atoms with E-state index in [0.717, 1.165) is 5.56 Å². The molecule has 2 rings (SSSR count). The zero-order valence-electron chi connectivity index (χ0n) is 12.5. The predicted molar refractivity (Wildman–Crippen MR) is 82.1 cm³/mol. The number of alkyl halides is 1. The average Bonchev–Trinajstić information content (AvgIpc) is 2.49. The van der Waals surface area contributed by atoms with E-state index in [-0.39, 0.29) is 12.1 Å². The topological polar surface area (TPSA) is 64.0 Å². The molecular weight excluding hydrogens is 285 g/mol. The Bertz CT molecular complexity index is 711. The summed E-state index contributed by atoms with van der Waals surface area (Å²) < 4.78 is 13.9. The third kappa shape index (κ3) is 4.00. The second-order valence-corrected chi connectivity index (χ2v) is 5.67. The number of benzene rings is 1. The molecule has 0 bridgehead atoms. The fraction of sp³-hybridized carbons (Fsp3) is 0.312. The van der Waals surface area contributed by atoms with Crippen LogP contribution in [0.15, 0.2) is 47.5 Å². The van der Waals surface area contributed by atoms with Gasteiger partial charge in [-0.05, 0) is 13.8 Å². The van der Waals surface area contributed by atoms with Crippen LogP contribution >= 0.6 is 0 Å². The predicted octanol–water partition coefficient (Wildman–Crippen LogP) is 1.77. The van der Waals surface area contributed by atoms with E-state index in [0.29, 0.717) is 5.69 Å². The molecule has 0 saturated carbocycles. The molecule has 1 N–H and O–H groups in total. The Morgan fingerprint density at radius 1 is 1.32 bits per heavy atom. The lowest BCUT2D eigenvalue weighted by atomic mass is 10.1. The minimum atomic E-state index is -0.946. The minimum absolute atomic E-state index is 0.190. The van der Waals surface area contributed by atoms with Crippen LogP contribution in [0.1, 0.15) is 13.8 Å². The summed E-state index contributed by atoms with van der Waals surface area (Å²) in [5, 5.41) is 2.53. The number of aromatic nitrogens is 2. The van der Waals surface area contributed by atoms with Crippen molar-refractivity contribution in [3.63, 3.8) is 0 Å². The third-order valence-electron chi connectivity index (χ3n) is 3.07.